The average Bonchev–Trinajstić information content (AvgIpc) is 2.88. The molecule has 7 heteroatoms. The second-order valence-electron chi connectivity index (χ2n) is 8.58. The zero-order chi connectivity index (χ0) is 24.3. The number of hydrogen-bond acceptors (Lipinski definition) is 4. The molecule has 0 saturated carbocycles. The molecule has 0 unspecified atom stereocenters. The Morgan fingerprint density at radius 1 is 1.09 bits per heavy atom. The molecule has 1 aliphatic rings. The van der Waals surface area contributed by atoms with Crippen molar-refractivity contribution in [1.29, 1.82) is 0 Å². The van der Waals surface area contributed by atoms with Gasteiger partial charge in [-0.15, -0.1) is 0 Å². The van der Waals surface area contributed by atoms with Crippen LogP contribution >= 0.6 is 0 Å². The van der Waals surface area contributed by atoms with Crippen LogP contribution in [0, 0.1) is 0 Å². The van der Waals surface area contributed by atoms with Gasteiger partial charge in [-0.3, -0.25) is 4.79 Å². The number of ether oxygens (including phenoxy) is 1. The molecule has 2 aromatic rings. The maximum Gasteiger partial charge on any atom is 0.321 e. The van der Waals surface area contributed by atoms with Gasteiger partial charge in [0.15, 0.2) is 0 Å². The van der Waals surface area contributed by atoms with E-state index in [4.69, 9.17) is 4.74 Å². The number of carbonyl (C=O) groups excluding carboxylic acids is 2. The summed E-state index contributed by atoms with van der Waals surface area (Å²) in [5, 5.41) is 6.02. The van der Waals surface area contributed by atoms with Gasteiger partial charge in [0.1, 0.15) is 5.75 Å². The molecule has 2 N–H and O–H groups in total. The minimum Gasteiger partial charge on any atom is -0.494 e. The predicted octanol–water partition coefficient (Wildman–Crippen LogP) is 4.57. The molecule has 0 aromatic heterocycles. The van der Waals surface area contributed by atoms with E-state index in [-0.39, 0.29) is 17.9 Å². The summed E-state index contributed by atoms with van der Waals surface area (Å²) < 4.78 is 5.46. The zero-order valence-electron chi connectivity index (χ0n) is 20.7. The largest absolute Gasteiger partial charge is 0.494 e. The van der Waals surface area contributed by atoms with Gasteiger partial charge < -0.3 is 25.2 Å². The Hall–Kier alpha value is -3.06. The first kappa shape index (κ1) is 25.6. The van der Waals surface area contributed by atoms with Crippen LogP contribution in [0.3, 0.4) is 0 Å². The third-order valence-corrected chi connectivity index (χ3v) is 6.35. The number of amides is 3. The standard InChI is InChI=1S/C27H38N4O3/c1-4-30(5-2)18-16-28-26(32)22-10-7-9-21(19-22)23-11-8-17-31(20-23)27(33)29-24-12-14-25(15-13-24)34-6-3/h7,9-10,12-15,19,23H,4-6,8,11,16-18,20H2,1-3H3,(H,28,32)(H,29,33)/t23-/m1/s1. The maximum atomic E-state index is 12.9. The maximum absolute atomic E-state index is 12.9. The first-order chi connectivity index (χ1) is 16.5. The van der Waals surface area contributed by atoms with E-state index in [0.29, 0.717) is 25.3 Å². The van der Waals surface area contributed by atoms with Crippen LogP contribution < -0.4 is 15.4 Å². The van der Waals surface area contributed by atoms with Gasteiger partial charge in [0, 0.05) is 43.3 Å². The van der Waals surface area contributed by atoms with Gasteiger partial charge in [0.05, 0.1) is 6.61 Å². The number of anilines is 1. The summed E-state index contributed by atoms with van der Waals surface area (Å²) in [6.07, 6.45) is 1.93. The Kier molecular flexibility index (Phi) is 9.76. The summed E-state index contributed by atoms with van der Waals surface area (Å²) in [6.45, 7) is 11.6. The molecule has 3 rings (SSSR count). The van der Waals surface area contributed by atoms with Crippen molar-refractivity contribution in [3.05, 3.63) is 59.7 Å². The number of urea groups is 1. The number of nitrogens with one attached hydrogen (secondary N) is 2. The van der Waals surface area contributed by atoms with Gasteiger partial charge in [-0.05, 0) is 74.8 Å². The molecule has 3 amide bonds. The number of hydrogen-bond donors (Lipinski definition) is 2. The van der Waals surface area contributed by atoms with E-state index in [1.807, 2.05) is 54.3 Å². The molecule has 1 aliphatic heterocycles. The first-order valence-corrected chi connectivity index (χ1v) is 12.4. The van der Waals surface area contributed by atoms with E-state index >= 15 is 0 Å². The van der Waals surface area contributed by atoms with Gasteiger partial charge in [-0.1, -0.05) is 26.0 Å². The molecule has 1 heterocycles. The number of benzene rings is 2. The molecule has 34 heavy (non-hydrogen) atoms. The second kappa shape index (κ2) is 13.0. The Balaban J connectivity index is 1.56. The molecule has 184 valence electrons. The highest BCUT2D eigenvalue weighted by Gasteiger charge is 2.25. The first-order valence-electron chi connectivity index (χ1n) is 12.4. The van der Waals surface area contributed by atoms with Crippen molar-refractivity contribution in [2.75, 3.05) is 51.2 Å². The van der Waals surface area contributed by atoms with Crippen molar-refractivity contribution in [3.63, 3.8) is 0 Å². The minimum atomic E-state index is -0.0980. The highest BCUT2D eigenvalue weighted by Crippen LogP contribution is 2.28. The number of likely N-dealkylation sites (tertiary alicyclic amines) is 1. The van der Waals surface area contributed by atoms with E-state index < -0.39 is 0 Å². The summed E-state index contributed by atoms with van der Waals surface area (Å²) in [7, 11) is 0. The third kappa shape index (κ3) is 7.22. The van der Waals surface area contributed by atoms with Crippen LogP contribution in [0.15, 0.2) is 48.5 Å². The van der Waals surface area contributed by atoms with Crippen LogP contribution in [0.25, 0.3) is 0 Å². The van der Waals surface area contributed by atoms with Gasteiger partial charge in [-0.25, -0.2) is 4.79 Å². The molecule has 1 fully saturated rings. The van der Waals surface area contributed by atoms with E-state index in [2.05, 4.69) is 35.4 Å². The molecular weight excluding hydrogens is 428 g/mol. The molecule has 1 atom stereocenters. The molecule has 7 nitrogen and oxygen atoms in total. The fraction of sp³-hybridized carbons (Fsp3) is 0.481. The van der Waals surface area contributed by atoms with Crippen LogP contribution in [0.2, 0.25) is 0 Å². The van der Waals surface area contributed by atoms with Crippen molar-refractivity contribution in [2.45, 2.75) is 39.5 Å². The lowest BCUT2D eigenvalue weighted by atomic mass is 9.89. The Labute approximate surface area is 203 Å². The predicted molar refractivity (Wildman–Crippen MR) is 137 cm³/mol. The SMILES string of the molecule is CCOc1ccc(NC(=O)N2CCC[C@@H](c3cccc(C(=O)NCCN(CC)CC)c3)C2)cc1. The molecule has 2 aromatic carbocycles. The van der Waals surface area contributed by atoms with E-state index in [9.17, 15) is 9.59 Å². The monoisotopic (exact) mass is 466 g/mol. The lowest BCUT2D eigenvalue weighted by molar-refractivity contribution is 0.0948. The van der Waals surface area contributed by atoms with Crippen molar-refractivity contribution in [2.24, 2.45) is 0 Å². The minimum absolute atomic E-state index is 0.0464. The smallest absolute Gasteiger partial charge is 0.321 e. The van der Waals surface area contributed by atoms with E-state index in [1.54, 1.807) is 0 Å². The van der Waals surface area contributed by atoms with Crippen LogP contribution in [0.5, 0.6) is 5.75 Å². The number of likely N-dealkylation sites (N-methyl/N-ethyl adjacent to an activating group) is 1. The molecule has 1 saturated heterocycles. The number of rotatable bonds is 10. The van der Waals surface area contributed by atoms with Crippen molar-refractivity contribution in [3.8, 4) is 5.75 Å². The average molecular weight is 467 g/mol. The molecule has 0 bridgehead atoms. The highest BCUT2D eigenvalue weighted by molar-refractivity contribution is 5.94. The summed E-state index contributed by atoms with van der Waals surface area (Å²) >= 11 is 0. The van der Waals surface area contributed by atoms with Crippen LogP contribution in [-0.4, -0.2) is 67.6 Å². The Morgan fingerprint density at radius 3 is 2.56 bits per heavy atom. The number of nitrogens with zero attached hydrogens (tertiary/aromatic N) is 2. The van der Waals surface area contributed by atoms with Crippen LogP contribution in [0.4, 0.5) is 10.5 Å². The van der Waals surface area contributed by atoms with Crippen LogP contribution in [0.1, 0.15) is 55.5 Å². The van der Waals surface area contributed by atoms with Gasteiger partial charge in [0.25, 0.3) is 5.91 Å². The topological polar surface area (TPSA) is 73.9 Å². The second-order valence-corrected chi connectivity index (χ2v) is 8.58. The fourth-order valence-electron chi connectivity index (χ4n) is 4.34. The fourth-order valence-corrected chi connectivity index (χ4v) is 4.34. The molecular formula is C27H38N4O3. The Morgan fingerprint density at radius 2 is 1.85 bits per heavy atom. The molecule has 0 spiro atoms. The summed E-state index contributed by atoms with van der Waals surface area (Å²) in [6, 6.07) is 15.2. The highest BCUT2D eigenvalue weighted by atomic mass is 16.5. The Bertz CT molecular complexity index is 928. The lowest BCUT2D eigenvalue weighted by Crippen LogP contribution is -2.41. The van der Waals surface area contributed by atoms with Crippen LogP contribution in [-0.2, 0) is 0 Å². The van der Waals surface area contributed by atoms with E-state index in [1.165, 1.54) is 0 Å². The van der Waals surface area contributed by atoms with Crippen molar-refractivity contribution >= 4 is 17.6 Å². The normalized spacial score (nSPS) is 15.8. The number of carbonyl (C=O) groups is 2. The third-order valence-electron chi connectivity index (χ3n) is 6.35. The molecule has 0 aliphatic carbocycles. The van der Waals surface area contributed by atoms with Gasteiger partial charge in [0.2, 0.25) is 0 Å². The van der Waals surface area contributed by atoms with Crippen molar-refractivity contribution in [1.82, 2.24) is 15.1 Å². The quantitative estimate of drug-likeness (QED) is 0.538. The lowest BCUT2D eigenvalue weighted by Gasteiger charge is -2.33. The summed E-state index contributed by atoms with van der Waals surface area (Å²) in [5.74, 6) is 0.952. The van der Waals surface area contributed by atoms with Gasteiger partial charge >= 0.3 is 6.03 Å². The van der Waals surface area contributed by atoms with E-state index in [0.717, 1.165) is 56.0 Å². The van der Waals surface area contributed by atoms with Crippen molar-refractivity contribution < 1.29 is 14.3 Å². The number of piperidine rings is 1. The summed E-state index contributed by atoms with van der Waals surface area (Å²) in [5.41, 5.74) is 2.53. The molecule has 0 radical (unpaired) electrons. The zero-order valence-corrected chi connectivity index (χ0v) is 20.7. The summed E-state index contributed by atoms with van der Waals surface area (Å²) in [4.78, 5) is 29.7. The van der Waals surface area contributed by atoms with Gasteiger partial charge in [-0.2, -0.15) is 0 Å².